The molecule has 2 rings (SSSR count). The van der Waals surface area contributed by atoms with Crippen molar-refractivity contribution in [3.8, 4) is 0 Å². The average Bonchev–Trinajstić information content (AvgIpc) is 2.27. The van der Waals surface area contributed by atoms with Gasteiger partial charge in [0.05, 0.1) is 0 Å². The first-order valence-electron chi connectivity index (χ1n) is 6.03. The summed E-state index contributed by atoms with van der Waals surface area (Å²) in [6.07, 6.45) is 0.805. The predicted octanol–water partition coefficient (Wildman–Crippen LogP) is 1.29. The zero-order valence-corrected chi connectivity index (χ0v) is 10.4. The van der Waals surface area contributed by atoms with Crippen molar-refractivity contribution >= 4 is 17.3 Å². The lowest BCUT2D eigenvalue weighted by atomic mass is 10.1. The first kappa shape index (κ1) is 11.8. The fourth-order valence-electron chi connectivity index (χ4n) is 2.39. The van der Waals surface area contributed by atoms with E-state index in [2.05, 4.69) is 16.3 Å². The molecule has 1 fully saturated rings. The first-order valence-corrected chi connectivity index (χ1v) is 6.03. The van der Waals surface area contributed by atoms with Gasteiger partial charge in [0.25, 0.3) is 0 Å². The molecule has 0 aromatic heterocycles. The second-order valence-corrected chi connectivity index (χ2v) is 4.51. The van der Waals surface area contributed by atoms with Gasteiger partial charge in [0.2, 0.25) is 5.91 Å². The van der Waals surface area contributed by atoms with Crippen LogP contribution in [0.25, 0.3) is 0 Å². The smallest absolute Gasteiger partial charge is 0.242 e. The summed E-state index contributed by atoms with van der Waals surface area (Å²) < 4.78 is 0. The molecule has 1 atom stereocenters. The Balaban J connectivity index is 2.33. The number of nitrogens with one attached hydrogen (secondary N) is 1. The van der Waals surface area contributed by atoms with Crippen molar-refractivity contribution in [2.45, 2.75) is 26.3 Å². The van der Waals surface area contributed by atoms with Crippen molar-refractivity contribution in [1.29, 1.82) is 0 Å². The molecule has 1 aliphatic heterocycles. The second-order valence-electron chi connectivity index (χ2n) is 4.51. The largest absolute Gasteiger partial charge is 0.399 e. The van der Waals surface area contributed by atoms with Gasteiger partial charge in [0.1, 0.15) is 6.04 Å². The van der Waals surface area contributed by atoms with Crippen LogP contribution in [0.2, 0.25) is 0 Å². The summed E-state index contributed by atoms with van der Waals surface area (Å²) in [4.78, 5) is 13.9. The van der Waals surface area contributed by atoms with Crippen LogP contribution in [0.3, 0.4) is 0 Å². The van der Waals surface area contributed by atoms with Gasteiger partial charge < -0.3 is 16.0 Å². The number of carbonyl (C=O) groups is 1. The molecule has 1 unspecified atom stereocenters. The maximum Gasteiger partial charge on any atom is 0.242 e. The van der Waals surface area contributed by atoms with Crippen LogP contribution in [-0.4, -0.2) is 25.0 Å². The average molecular weight is 233 g/mol. The van der Waals surface area contributed by atoms with E-state index in [0.29, 0.717) is 6.54 Å². The molecule has 0 aliphatic carbocycles. The second kappa shape index (κ2) is 4.65. The highest BCUT2D eigenvalue weighted by molar-refractivity contribution is 5.86. The minimum atomic E-state index is -0.0788. The fraction of sp³-hybridized carbons (Fsp3) is 0.462. The third-order valence-corrected chi connectivity index (χ3v) is 3.13. The Kier molecular flexibility index (Phi) is 3.22. The number of amides is 1. The van der Waals surface area contributed by atoms with Gasteiger partial charge in [-0.05, 0) is 37.1 Å². The highest BCUT2D eigenvalue weighted by atomic mass is 16.2. The molecule has 1 aromatic carbocycles. The number of anilines is 2. The molecule has 0 bridgehead atoms. The van der Waals surface area contributed by atoms with Gasteiger partial charge >= 0.3 is 0 Å². The van der Waals surface area contributed by atoms with Crippen molar-refractivity contribution < 1.29 is 4.79 Å². The third kappa shape index (κ3) is 2.35. The van der Waals surface area contributed by atoms with Crippen LogP contribution in [0.15, 0.2) is 18.2 Å². The maximum absolute atomic E-state index is 11.8. The quantitative estimate of drug-likeness (QED) is 0.757. The van der Waals surface area contributed by atoms with Crippen LogP contribution in [0.5, 0.6) is 0 Å². The highest BCUT2D eigenvalue weighted by Gasteiger charge is 2.28. The number of piperazine rings is 1. The van der Waals surface area contributed by atoms with Crippen molar-refractivity contribution in [2.24, 2.45) is 0 Å². The molecule has 1 heterocycles. The molecule has 3 N–H and O–H groups in total. The Morgan fingerprint density at radius 3 is 2.88 bits per heavy atom. The molecule has 1 aromatic rings. The normalized spacial score (nSPS) is 20.2. The van der Waals surface area contributed by atoms with Crippen LogP contribution in [0, 0.1) is 6.92 Å². The van der Waals surface area contributed by atoms with E-state index in [1.807, 2.05) is 26.0 Å². The minimum Gasteiger partial charge on any atom is -0.399 e. The van der Waals surface area contributed by atoms with Crippen LogP contribution in [0.4, 0.5) is 11.4 Å². The number of benzene rings is 1. The predicted molar refractivity (Wildman–Crippen MR) is 70.0 cm³/mol. The van der Waals surface area contributed by atoms with E-state index in [0.717, 1.165) is 29.9 Å². The van der Waals surface area contributed by atoms with E-state index in [-0.39, 0.29) is 11.9 Å². The van der Waals surface area contributed by atoms with Gasteiger partial charge in [-0.1, -0.05) is 6.92 Å². The fourth-order valence-corrected chi connectivity index (χ4v) is 2.39. The molecule has 17 heavy (non-hydrogen) atoms. The Bertz CT molecular complexity index is 410. The van der Waals surface area contributed by atoms with Crippen molar-refractivity contribution in [2.75, 3.05) is 23.7 Å². The molecule has 0 saturated carbocycles. The van der Waals surface area contributed by atoms with Gasteiger partial charge in [-0.3, -0.25) is 4.79 Å². The number of hydrogen-bond acceptors (Lipinski definition) is 3. The van der Waals surface area contributed by atoms with Crippen molar-refractivity contribution in [3.63, 3.8) is 0 Å². The van der Waals surface area contributed by atoms with Crippen molar-refractivity contribution in [3.05, 3.63) is 23.8 Å². The van der Waals surface area contributed by atoms with E-state index in [9.17, 15) is 4.79 Å². The minimum absolute atomic E-state index is 0.0788. The number of rotatable bonds is 2. The first-order chi connectivity index (χ1) is 8.11. The summed E-state index contributed by atoms with van der Waals surface area (Å²) in [5.41, 5.74) is 8.78. The summed E-state index contributed by atoms with van der Waals surface area (Å²) in [6, 6.07) is 5.88. The van der Waals surface area contributed by atoms with Gasteiger partial charge in [-0.25, -0.2) is 0 Å². The lowest BCUT2D eigenvalue weighted by molar-refractivity contribution is -0.123. The molecule has 1 amide bonds. The van der Waals surface area contributed by atoms with Gasteiger partial charge in [-0.15, -0.1) is 0 Å². The molecule has 0 radical (unpaired) electrons. The standard InChI is InChI=1S/C13H19N3O/c1-3-12-13(17)15-4-5-16(12)11-7-9(2)6-10(14)8-11/h6-8,12H,3-5,14H2,1-2H3,(H,15,17). The van der Waals surface area contributed by atoms with E-state index >= 15 is 0 Å². The Morgan fingerprint density at radius 1 is 1.47 bits per heavy atom. The lowest BCUT2D eigenvalue weighted by Crippen LogP contribution is -2.55. The molecule has 4 nitrogen and oxygen atoms in total. The zero-order valence-electron chi connectivity index (χ0n) is 10.4. The van der Waals surface area contributed by atoms with Crippen LogP contribution < -0.4 is 16.0 Å². The Morgan fingerprint density at radius 2 is 2.24 bits per heavy atom. The van der Waals surface area contributed by atoms with Crippen LogP contribution >= 0.6 is 0 Å². The number of nitrogens with two attached hydrogens (primary N) is 1. The number of aryl methyl sites for hydroxylation is 1. The topological polar surface area (TPSA) is 58.4 Å². The molecule has 4 heteroatoms. The molecule has 0 spiro atoms. The lowest BCUT2D eigenvalue weighted by Gasteiger charge is -2.36. The highest BCUT2D eigenvalue weighted by Crippen LogP contribution is 2.24. The molecule has 1 aliphatic rings. The van der Waals surface area contributed by atoms with Crippen molar-refractivity contribution in [1.82, 2.24) is 5.32 Å². The van der Waals surface area contributed by atoms with E-state index in [1.165, 1.54) is 0 Å². The third-order valence-electron chi connectivity index (χ3n) is 3.13. The molecular formula is C13H19N3O. The summed E-state index contributed by atoms with van der Waals surface area (Å²) in [6.45, 7) is 5.59. The summed E-state index contributed by atoms with van der Waals surface area (Å²) in [5, 5.41) is 2.90. The summed E-state index contributed by atoms with van der Waals surface area (Å²) >= 11 is 0. The number of carbonyl (C=O) groups excluding carboxylic acids is 1. The Hall–Kier alpha value is -1.71. The number of nitrogen functional groups attached to an aromatic ring is 1. The maximum atomic E-state index is 11.8. The van der Waals surface area contributed by atoms with Crippen LogP contribution in [-0.2, 0) is 4.79 Å². The van der Waals surface area contributed by atoms with E-state index < -0.39 is 0 Å². The Labute approximate surface area is 102 Å². The zero-order chi connectivity index (χ0) is 12.4. The number of nitrogens with zero attached hydrogens (tertiary/aromatic N) is 1. The van der Waals surface area contributed by atoms with E-state index in [1.54, 1.807) is 0 Å². The number of hydrogen-bond donors (Lipinski definition) is 2. The summed E-state index contributed by atoms with van der Waals surface area (Å²) in [5.74, 6) is 0.110. The van der Waals surface area contributed by atoms with Crippen LogP contribution in [0.1, 0.15) is 18.9 Å². The summed E-state index contributed by atoms with van der Waals surface area (Å²) in [7, 11) is 0. The van der Waals surface area contributed by atoms with Gasteiger partial charge in [0.15, 0.2) is 0 Å². The van der Waals surface area contributed by atoms with Gasteiger partial charge in [-0.2, -0.15) is 0 Å². The van der Waals surface area contributed by atoms with E-state index in [4.69, 9.17) is 5.73 Å². The molecule has 92 valence electrons. The molecule has 1 saturated heterocycles. The SMILES string of the molecule is CCC1C(=O)NCCN1c1cc(C)cc(N)c1. The monoisotopic (exact) mass is 233 g/mol. The molecular weight excluding hydrogens is 214 g/mol. The van der Waals surface area contributed by atoms with Gasteiger partial charge in [0, 0.05) is 24.5 Å².